The second kappa shape index (κ2) is 6.78. The molecule has 17 heavy (non-hydrogen) atoms. The summed E-state index contributed by atoms with van der Waals surface area (Å²) in [7, 11) is 1.55. The molecule has 0 aromatic rings. The van der Waals surface area contributed by atoms with Crippen LogP contribution in [0.1, 0.15) is 25.7 Å². The average Bonchev–Trinajstić information content (AvgIpc) is 2.33. The molecule has 4 heteroatoms. The third-order valence-electron chi connectivity index (χ3n) is 2.65. The lowest BCUT2D eigenvalue weighted by Gasteiger charge is -2.23. The van der Waals surface area contributed by atoms with Crippen LogP contribution in [0.4, 0.5) is 0 Å². The summed E-state index contributed by atoms with van der Waals surface area (Å²) in [4.78, 5) is 11.1. The van der Waals surface area contributed by atoms with E-state index in [0.29, 0.717) is 30.1 Å². The predicted molar refractivity (Wildman–Crippen MR) is 65.9 cm³/mol. The summed E-state index contributed by atoms with van der Waals surface area (Å²) in [6.07, 6.45) is 7.49. The maximum Gasteiger partial charge on any atom is 0.160 e. The van der Waals surface area contributed by atoms with E-state index in [4.69, 9.17) is 15.2 Å². The molecule has 0 bridgehead atoms. The van der Waals surface area contributed by atoms with Crippen LogP contribution in [0.25, 0.3) is 0 Å². The molecule has 1 fully saturated rings. The Morgan fingerprint density at radius 2 is 2.12 bits per heavy atom. The number of ether oxygens (including phenoxy) is 2. The van der Waals surface area contributed by atoms with Gasteiger partial charge in [0.15, 0.2) is 11.5 Å². The van der Waals surface area contributed by atoms with Gasteiger partial charge in [0.05, 0.1) is 13.2 Å². The Morgan fingerprint density at radius 3 is 2.65 bits per heavy atom. The van der Waals surface area contributed by atoms with E-state index in [1.165, 1.54) is 6.20 Å². The highest BCUT2D eigenvalue weighted by molar-refractivity contribution is 5.79. The number of rotatable bonds is 5. The number of Topliss-reactive ketones (excluding diaryl/α,β-unsaturated/α-hetero) is 1. The van der Waals surface area contributed by atoms with Gasteiger partial charge in [0.2, 0.25) is 0 Å². The fourth-order valence-electron chi connectivity index (χ4n) is 1.71. The SMILES string of the molecule is C=C(OC1CCC(=O)CC1)/C(=C\C=C/N)OC. The molecular formula is C13H19NO3. The Morgan fingerprint density at radius 1 is 1.47 bits per heavy atom. The van der Waals surface area contributed by atoms with Crippen molar-refractivity contribution >= 4 is 5.78 Å². The van der Waals surface area contributed by atoms with E-state index in [1.807, 2.05) is 0 Å². The van der Waals surface area contributed by atoms with Crippen LogP contribution in [-0.2, 0) is 14.3 Å². The van der Waals surface area contributed by atoms with Crippen molar-refractivity contribution in [3.63, 3.8) is 0 Å². The van der Waals surface area contributed by atoms with Gasteiger partial charge in [-0.3, -0.25) is 4.79 Å². The number of carbonyl (C=O) groups is 1. The lowest BCUT2D eigenvalue weighted by Crippen LogP contribution is -2.21. The van der Waals surface area contributed by atoms with E-state index in [9.17, 15) is 4.79 Å². The number of hydrogen-bond donors (Lipinski definition) is 1. The van der Waals surface area contributed by atoms with Crippen LogP contribution < -0.4 is 5.73 Å². The summed E-state index contributed by atoms with van der Waals surface area (Å²) in [5, 5.41) is 0. The molecule has 0 amide bonds. The van der Waals surface area contributed by atoms with Gasteiger partial charge >= 0.3 is 0 Å². The van der Waals surface area contributed by atoms with Gasteiger partial charge in [-0.05, 0) is 31.2 Å². The van der Waals surface area contributed by atoms with Gasteiger partial charge in [-0.2, -0.15) is 0 Å². The van der Waals surface area contributed by atoms with Crippen molar-refractivity contribution in [1.82, 2.24) is 0 Å². The fraction of sp³-hybridized carbons (Fsp3) is 0.462. The first-order valence-corrected chi connectivity index (χ1v) is 5.67. The molecule has 4 nitrogen and oxygen atoms in total. The summed E-state index contributed by atoms with van der Waals surface area (Å²) in [6, 6.07) is 0. The van der Waals surface area contributed by atoms with E-state index < -0.39 is 0 Å². The Bertz CT molecular complexity index is 335. The number of ketones is 1. The van der Waals surface area contributed by atoms with Crippen LogP contribution in [0, 0.1) is 0 Å². The van der Waals surface area contributed by atoms with Crippen molar-refractivity contribution in [2.75, 3.05) is 7.11 Å². The third-order valence-corrected chi connectivity index (χ3v) is 2.65. The van der Waals surface area contributed by atoms with Crippen molar-refractivity contribution in [3.8, 4) is 0 Å². The maximum absolute atomic E-state index is 11.1. The van der Waals surface area contributed by atoms with Crippen LogP contribution in [0.3, 0.4) is 0 Å². The number of carbonyl (C=O) groups excluding carboxylic acids is 1. The van der Waals surface area contributed by atoms with E-state index in [2.05, 4.69) is 6.58 Å². The molecular weight excluding hydrogens is 218 g/mol. The van der Waals surface area contributed by atoms with Crippen LogP contribution in [0.5, 0.6) is 0 Å². The summed E-state index contributed by atoms with van der Waals surface area (Å²) in [5.41, 5.74) is 5.24. The zero-order valence-electron chi connectivity index (χ0n) is 10.1. The van der Waals surface area contributed by atoms with Crippen LogP contribution >= 0.6 is 0 Å². The van der Waals surface area contributed by atoms with Crippen LogP contribution in [0.15, 0.2) is 36.4 Å². The standard InChI is InChI=1S/C13H19NO3/c1-10(13(16-2)4-3-9-14)17-12-7-5-11(15)6-8-12/h3-4,9,12H,1,5-8,14H2,2H3/b9-3-,13-4+. The smallest absolute Gasteiger partial charge is 0.160 e. The molecule has 2 N–H and O–H groups in total. The largest absolute Gasteiger partial charge is 0.493 e. The Balaban J connectivity index is 2.50. The van der Waals surface area contributed by atoms with Crippen molar-refractivity contribution in [1.29, 1.82) is 0 Å². The second-order valence-electron chi connectivity index (χ2n) is 3.90. The number of allylic oxidation sites excluding steroid dienone is 2. The molecule has 0 saturated heterocycles. The molecule has 0 heterocycles. The number of nitrogens with two attached hydrogens (primary N) is 1. The minimum Gasteiger partial charge on any atom is -0.493 e. The summed E-state index contributed by atoms with van der Waals surface area (Å²) in [6.45, 7) is 3.82. The first kappa shape index (κ1) is 13.4. The lowest BCUT2D eigenvalue weighted by molar-refractivity contribution is -0.122. The molecule has 0 aromatic carbocycles. The molecule has 1 aliphatic rings. The maximum atomic E-state index is 11.1. The van der Waals surface area contributed by atoms with Gasteiger partial charge in [0.1, 0.15) is 5.78 Å². The molecule has 1 aliphatic carbocycles. The zero-order chi connectivity index (χ0) is 12.7. The van der Waals surface area contributed by atoms with Crippen LogP contribution in [0.2, 0.25) is 0 Å². The van der Waals surface area contributed by atoms with Gasteiger partial charge < -0.3 is 15.2 Å². The minimum atomic E-state index is 0.0561. The lowest BCUT2D eigenvalue weighted by atomic mass is 9.96. The Kier molecular flexibility index (Phi) is 5.33. The van der Waals surface area contributed by atoms with Crippen molar-refractivity contribution in [2.45, 2.75) is 31.8 Å². The molecule has 0 spiro atoms. The molecule has 94 valence electrons. The van der Waals surface area contributed by atoms with Gasteiger partial charge in [0.25, 0.3) is 0 Å². The third kappa shape index (κ3) is 4.34. The number of methoxy groups -OCH3 is 1. The van der Waals surface area contributed by atoms with Gasteiger partial charge in [-0.25, -0.2) is 0 Å². The highest BCUT2D eigenvalue weighted by atomic mass is 16.5. The molecule has 0 atom stereocenters. The average molecular weight is 237 g/mol. The fourth-order valence-corrected chi connectivity index (χ4v) is 1.71. The van der Waals surface area contributed by atoms with Crippen LogP contribution in [-0.4, -0.2) is 19.0 Å². The first-order valence-electron chi connectivity index (χ1n) is 5.67. The quantitative estimate of drug-likeness (QED) is 0.587. The van der Waals surface area contributed by atoms with Gasteiger partial charge in [-0.1, -0.05) is 6.58 Å². The van der Waals surface area contributed by atoms with Crippen molar-refractivity contribution < 1.29 is 14.3 Å². The molecule has 1 saturated carbocycles. The Hall–Kier alpha value is -1.71. The topological polar surface area (TPSA) is 61.5 Å². The van der Waals surface area contributed by atoms with E-state index in [-0.39, 0.29) is 6.10 Å². The first-order chi connectivity index (χ1) is 8.17. The molecule has 0 aliphatic heterocycles. The van der Waals surface area contributed by atoms with Crippen molar-refractivity contribution in [2.24, 2.45) is 5.73 Å². The predicted octanol–water partition coefficient (Wildman–Crippen LogP) is 2.03. The van der Waals surface area contributed by atoms with E-state index in [0.717, 1.165) is 12.8 Å². The molecule has 1 rings (SSSR count). The van der Waals surface area contributed by atoms with Gasteiger partial charge in [-0.15, -0.1) is 0 Å². The highest BCUT2D eigenvalue weighted by Gasteiger charge is 2.21. The highest BCUT2D eigenvalue weighted by Crippen LogP contribution is 2.22. The molecule has 0 unspecified atom stereocenters. The number of hydrogen-bond acceptors (Lipinski definition) is 4. The summed E-state index contributed by atoms with van der Waals surface area (Å²) in [5.74, 6) is 1.33. The van der Waals surface area contributed by atoms with Crippen molar-refractivity contribution in [3.05, 3.63) is 36.4 Å². The minimum absolute atomic E-state index is 0.0561. The molecule has 0 radical (unpaired) electrons. The zero-order valence-corrected chi connectivity index (χ0v) is 10.1. The van der Waals surface area contributed by atoms with Gasteiger partial charge in [0, 0.05) is 12.8 Å². The monoisotopic (exact) mass is 237 g/mol. The molecule has 0 aromatic heterocycles. The summed E-state index contributed by atoms with van der Waals surface area (Å²) < 4.78 is 10.8. The van der Waals surface area contributed by atoms with E-state index in [1.54, 1.807) is 19.3 Å². The summed E-state index contributed by atoms with van der Waals surface area (Å²) >= 11 is 0. The second-order valence-corrected chi connectivity index (χ2v) is 3.90. The Labute approximate surface area is 102 Å². The normalized spacial score (nSPS) is 18.4. The van der Waals surface area contributed by atoms with E-state index >= 15 is 0 Å².